The molecule has 1 aliphatic carbocycles. The molecule has 1 unspecified atom stereocenters. The molecule has 1 atom stereocenters. The van der Waals surface area contributed by atoms with Crippen molar-refractivity contribution in [3.05, 3.63) is 29.6 Å². The van der Waals surface area contributed by atoms with Crippen LogP contribution in [0.3, 0.4) is 0 Å². The van der Waals surface area contributed by atoms with Crippen LogP contribution in [0.2, 0.25) is 0 Å². The lowest BCUT2D eigenvalue weighted by atomic mass is 9.95. The predicted molar refractivity (Wildman–Crippen MR) is 97.5 cm³/mol. The van der Waals surface area contributed by atoms with Crippen molar-refractivity contribution in [3.63, 3.8) is 0 Å². The van der Waals surface area contributed by atoms with E-state index in [2.05, 4.69) is 17.2 Å². The summed E-state index contributed by atoms with van der Waals surface area (Å²) in [6.07, 6.45) is 9.92. The molecule has 25 heavy (non-hydrogen) atoms. The normalized spacial score (nSPS) is 21.8. The average molecular weight is 343 g/mol. The van der Waals surface area contributed by atoms with E-state index < -0.39 is 0 Å². The molecule has 1 aromatic rings. The Hall–Kier alpha value is -1.91. The largest absolute Gasteiger partial charge is 0.348 e. The van der Waals surface area contributed by atoms with E-state index in [1.807, 2.05) is 4.90 Å². The molecule has 1 saturated carbocycles. The van der Waals surface area contributed by atoms with Crippen LogP contribution in [0.15, 0.2) is 18.2 Å². The van der Waals surface area contributed by atoms with Gasteiger partial charge in [-0.2, -0.15) is 0 Å². The summed E-state index contributed by atoms with van der Waals surface area (Å²) in [5.74, 6) is -0.203. The van der Waals surface area contributed by atoms with Gasteiger partial charge < -0.3 is 10.2 Å². The third-order valence-corrected chi connectivity index (χ3v) is 5.50. The zero-order valence-corrected chi connectivity index (χ0v) is 15.2. The molecule has 136 valence electrons. The van der Waals surface area contributed by atoms with Crippen molar-refractivity contribution in [1.29, 1.82) is 0 Å². The zero-order chi connectivity index (χ0) is 17.6. The van der Waals surface area contributed by atoms with Crippen LogP contribution in [0.1, 0.15) is 85.7 Å². The number of hydrogen-bond donors (Lipinski definition) is 1. The number of hydrogen-bond acceptors (Lipinski definition) is 3. The van der Waals surface area contributed by atoms with Crippen molar-refractivity contribution in [3.8, 4) is 0 Å². The Balaban J connectivity index is 1.69. The molecule has 1 aromatic heterocycles. The summed E-state index contributed by atoms with van der Waals surface area (Å²) in [7, 11) is 0. The Labute approximate surface area is 150 Å². The third kappa shape index (κ3) is 4.39. The standard InChI is InChI=1S/C20H29N3O2/c1-2-16-11-6-7-14-23(16)20(25)18-13-8-12-17(22-18)19(24)21-15-9-4-3-5-10-15/h8,12-13,15-16H,2-7,9-11,14H2,1H3,(H,21,24). The molecule has 0 bridgehead atoms. The lowest BCUT2D eigenvalue weighted by molar-refractivity contribution is 0.0602. The number of pyridine rings is 1. The highest BCUT2D eigenvalue weighted by Crippen LogP contribution is 2.21. The lowest BCUT2D eigenvalue weighted by Gasteiger charge is -2.35. The minimum atomic E-state index is -0.160. The Morgan fingerprint density at radius 2 is 1.80 bits per heavy atom. The van der Waals surface area contributed by atoms with Crippen molar-refractivity contribution in [2.45, 2.75) is 76.8 Å². The molecule has 2 fully saturated rings. The van der Waals surface area contributed by atoms with Gasteiger partial charge in [-0.15, -0.1) is 0 Å². The monoisotopic (exact) mass is 343 g/mol. The van der Waals surface area contributed by atoms with E-state index in [0.717, 1.165) is 38.6 Å². The fourth-order valence-corrected chi connectivity index (χ4v) is 4.03. The number of piperidine rings is 1. The van der Waals surface area contributed by atoms with E-state index in [1.165, 1.54) is 25.7 Å². The van der Waals surface area contributed by atoms with E-state index in [9.17, 15) is 9.59 Å². The molecule has 2 amide bonds. The summed E-state index contributed by atoms with van der Waals surface area (Å²) in [5.41, 5.74) is 0.734. The Morgan fingerprint density at radius 1 is 1.08 bits per heavy atom. The van der Waals surface area contributed by atoms with Gasteiger partial charge in [-0.25, -0.2) is 4.98 Å². The van der Waals surface area contributed by atoms with E-state index in [0.29, 0.717) is 17.4 Å². The smallest absolute Gasteiger partial charge is 0.272 e. The SMILES string of the molecule is CCC1CCCCN1C(=O)c1cccc(C(=O)NC2CCCCC2)n1. The van der Waals surface area contributed by atoms with Gasteiger partial charge in [-0.05, 0) is 50.7 Å². The highest BCUT2D eigenvalue weighted by Gasteiger charge is 2.27. The van der Waals surface area contributed by atoms with E-state index in [4.69, 9.17) is 0 Å². The molecule has 1 N–H and O–H groups in total. The third-order valence-electron chi connectivity index (χ3n) is 5.50. The number of amides is 2. The van der Waals surface area contributed by atoms with Crippen molar-refractivity contribution < 1.29 is 9.59 Å². The van der Waals surface area contributed by atoms with Crippen LogP contribution in [-0.4, -0.2) is 40.3 Å². The first kappa shape index (κ1) is 17.9. The van der Waals surface area contributed by atoms with Crippen molar-refractivity contribution in [1.82, 2.24) is 15.2 Å². The number of likely N-dealkylation sites (tertiary alicyclic amines) is 1. The highest BCUT2D eigenvalue weighted by molar-refractivity contribution is 5.96. The molecule has 3 rings (SSSR count). The first-order valence-corrected chi connectivity index (χ1v) is 9.78. The molecule has 2 heterocycles. The van der Waals surface area contributed by atoms with Crippen LogP contribution < -0.4 is 5.32 Å². The highest BCUT2D eigenvalue weighted by atomic mass is 16.2. The number of carbonyl (C=O) groups is 2. The molecular weight excluding hydrogens is 314 g/mol. The molecular formula is C20H29N3O2. The zero-order valence-electron chi connectivity index (χ0n) is 15.2. The number of nitrogens with zero attached hydrogens (tertiary/aromatic N) is 2. The Kier molecular flexibility index (Phi) is 6.05. The maximum atomic E-state index is 12.9. The fraction of sp³-hybridized carbons (Fsp3) is 0.650. The van der Waals surface area contributed by atoms with Gasteiger partial charge in [0.2, 0.25) is 0 Å². The first-order chi connectivity index (χ1) is 12.2. The van der Waals surface area contributed by atoms with Crippen LogP contribution >= 0.6 is 0 Å². The van der Waals surface area contributed by atoms with Crippen LogP contribution in [0.25, 0.3) is 0 Å². The van der Waals surface area contributed by atoms with Gasteiger partial charge in [0.15, 0.2) is 0 Å². The number of rotatable bonds is 4. The number of aromatic nitrogens is 1. The van der Waals surface area contributed by atoms with E-state index >= 15 is 0 Å². The van der Waals surface area contributed by atoms with Gasteiger partial charge in [0, 0.05) is 18.6 Å². The Morgan fingerprint density at radius 3 is 2.56 bits per heavy atom. The topological polar surface area (TPSA) is 62.3 Å². The molecule has 1 saturated heterocycles. The average Bonchev–Trinajstić information content (AvgIpc) is 2.68. The Bertz CT molecular complexity index is 611. The van der Waals surface area contributed by atoms with Crippen LogP contribution in [0.5, 0.6) is 0 Å². The second kappa shape index (κ2) is 8.45. The lowest BCUT2D eigenvalue weighted by Crippen LogP contribution is -2.44. The van der Waals surface area contributed by atoms with Crippen molar-refractivity contribution in [2.75, 3.05) is 6.54 Å². The summed E-state index contributed by atoms with van der Waals surface area (Å²) in [6, 6.07) is 5.72. The summed E-state index contributed by atoms with van der Waals surface area (Å²) < 4.78 is 0. The summed E-state index contributed by atoms with van der Waals surface area (Å²) in [4.78, 5) is 31.7. The molecule has 0 radical (unpaired) electrons. The van der Waals surface area contributed by atoms with Crippen LogP contribution in [0, 0.1) is 0 Å². The molecule has 2 aliphatic rings. The molecule has 0 spiro atoms. The molecule has 5 heteroatoms. The van der Waals surface area contributed by atoms with Gasteiger partial charge in [0.25, 0.3) is 11.8 Å². The second-order valence-corrected chi connectivity index (χ2v) is 7.27. The summed E-state index contributed by atoms with van der Waals surface area (Å²) >= 11 is 0. The maximum absolute atomic E-state index is 12.9. The van der Waals surface area contributed by atoms with Gasteiger partial charge in [-0.3, -0.25) is 9.59 Å². The fourth-order valence-electron chi connectivity index (χ4n) is 4.03. The molecule has 1 aliphatic heterocycles. The summed E-state index contributed by atoms with van der Waals surface area (Å²) in [5, 5.41) is 3.07. The van der Waals surface area contributed by atoms with Crippen molar-refractivity contribution in [2.24, 2.45) is 0 Å². The van der Waals surface area contributed by atoms with Crippen LogP contribution in [-0.2, 0) is 0 Å². The van der Waals surface area contributed by atoms with Gasteiger partial charge in [0.05, 0.1) is 0 Å². The first-order valence-electron chi connectivity index (χ1n) is 9.78. The maximum Gasteiger partial charge on any atom is 0.272 e. The van der Waals surface area contributed by atoms with Crippen molar-refractivity contribution >= 4 is 11.8 Å². The number of carbonyl (C=O) groups excluding carboxylic acids is 2. The van der Waals surface area contributed by atoms with Gasteiger partial charge in [0.1, 0.15) is 11.4 Å². The molecule has 5 nitrogen and oxygen atoms in total. The van der Waals surface area contributed by atoms with E-state index in [-0.39, 0.29) is 17.9 Å². The van der Waals surface area contributed by atoms with Gasteiger partial charge >= 0.3 is 0 Å². The molecule has 0 aromatic carbocycles. The minimum Gasteiger partial charge on any atom is -0.348 e. The van der Waals surface area contributed by atoms with Crippen LogP contribution in [0.4, 0.5) is 0 Å². The number of nitrogens with one attached hydrogen (secondary N) is 1. The predicted octanol–water partition coefficient (Wildman–Crippen LogP) is 3.55. The minimum absolute atomic E-state index is 0.0427. The van der Waals surface area contributed by atoms with E-state index in [1.54, 1.807) is 18.2 Å². The summed E-state index contributed by atoms with van der Waals surface area (Å²) in [6.45, 7) is 2.91. The second-order valence-electron chi connectivity index (χ2n) is 7.27. The quantitative estimate of drug-likeness (QED) is 0.909. The van der Waals surface area contributed by atoms with Gasteiger partial charge in [-0.1, -0.05) is 32.3 Å².